The van der Waals surface area contributed by atoms with Gasteiger partial charge < -0.3 is 25.2 Å². The minimum Gasteiger partial charge on any atom is -0.378 e. The normalized spacial score (nSPS) is 13.9. The minimum absolute atomic E-state index is 0.0869. The zero-order valence-electron chi connectivity index (χ0n) is 24.2. The monoisotopic (exact) mass is 594 g/mol. The molecule has 2 aromatic heterocycles. The number of alkyl halides is 3. The summed E-state index contributed by atoms with van der Waals surface area (Å²) < 4.78 is 46.4. The number of morpholine rings is 1. The lowest BCUT2D eigenvalue weighted by atomic mass is 10.0. The molecule has 5 rings (SSSR count). The van der Waals surface area contributed by atoms with Gasteiger partial charge >= 0.3 is 6.18 Å². The molecule has 0 atom stereocenters. The summed E-state index contributed by atoms with van der Waals surface area (Å²) in [5.41, 5.74) is 2.54. The van der Waals surface area contributed by atoms with Gasteiger partial charge in [-0.25, -0.2) is 19.9 Å². The van der Waals surface area contributed by atoms with E-state index in [1.165, 1.54) is 6.33 Å². The molecule has 3 heterocycles. The van der Waals surface area contributed by atoms with Gasteiger partial charge in [0, 0.05) is 30.0 Å². The van der Waals surface area contributed by atoms with Gasteiger partial charge in [-0.05, 0) is 81.9 Å². The van der Waals surface area contributed by atoms with Gasteiger partial charge in [0.25, 0.3) is 5.91 Å². The maximum atomic E-state index is 13.6. The molecule has 4 aromatic rings. The lowest BCUT2D eigenvalue weighted by Gasteiger charge is -2.26. The largest absolute Gasteiger partial charge is 0.416 e. The van der Waals surface area contributed by atoms with Gasteiger partial charge in [-0.15, -0.1) is 0 Å². The fourth-order valence-electron chi connectivity index (χ4n) is 4.75. The van der Waals surface area contributed by atoms with Gasteiger partial charge in [-0.2, -0.15) is 13.2 Å². The average Bonchev–Trinajstić information content (AvgIpc) is 2.98. The topological polar surface area (TPSA) is 108 Å². The van der Waals surface area contributed by atoms with Gasteiger partial charge in [0.1, 0.15) is 17.4 Å². The number of nitrogens with one attached hydrogen (secondary N) is 2. The summed E-state index contributed by atoms with van der Waals surface area (Å²) in [6, 6.07) is 8.70. The number of benzene rings is 2. The molecule has 1 aliphatic heterocycles. The van der Waals surface area contributed by atoms with E-state index in [2.05, 4.69) is 25.6 Å². The van der Waals surface area contributed by atoms with Crippen molar-refractivity contribution in [2.24, 2.45) is 0 Å². The Morgan fingerprint density at radius 2 is 1.86 bits per heavy atom. The molecule has 0 bridgehead atoms. The zero-order chi connectivity index (χ0) is 30.6. The van der Waals surface area contributed by atoms with E-state index in [4.69, 9.17) is 9.72 Å². The number of amides is 1. The lowest BCUT2D eigenvalue weighted by Crippen LogP contribution is -2.37. The average molecular weight is 595 g/mol. The number of carbonyl (C=O) groups excluding carboxylic acids is 1. The summed E-state index contributed by atoms with van der Waals surface area (Å²) in [7, 11) is 3.82. The maximum absolute atomic E-state index is 13.6. The number of anilines is 4. The van der Waals surface area contributed by atoms with Gasteiger partial charge in [0.2, 0.25) is 5.95 Å². The van der Waals surface area contributed by atoms with E-state index >= 15 is 0 Å². The van der Waals surface area contributed by atoms with E-state index in [0.717, 1.165) is 24.2 Å². The molecule has 43 heavy (non-hydrogen) atoms. The number of hydrogen-bond donors (Lipinski definition) is 2. The van der Waals surface area contributed by atoms with Crippen molar-refractivity contribution in [3.8, 4) is 0 Å². The van der Waals surface area contributed by atoms with Gasteiger partial charge in [0.15, 0.2) is 5.82 Å². The van der Waals surface area contributed by atoms with Crippen molar-refractivity contribution >= 4 is 40.1 Å². The van der Waals surface area contributed by atoms with Crippen molar-refractivity contribution in [1.29, 1.82) is 0 Å². The first kappa shape index (κ1) is 30.1. The second-order valence-corrected chi connectivity index (χ2v) is 10.7. The number of aromatic nitrogens is 4. The second-order valence-electron chi connectivity index (χ2n) is 10.7. The second kappa shape index (κ2) is 12.9. The molecule has 0 unspecified atom stereocenters. The Morgan fingerprint density at radius 3 is 2.60 bits per heavy atom. The van der Waals surface area contributed by atoms with E-state index in [1.807, 2.05) is 30.8 Å². The molecule has 13 heteroatoms. The fraction of sp³-hybridized carbons (Fsp3) is 0.367. The van der Waals surface area contributed by atoms with Crippen LogP contribution in [-0.4, -0.2) is 77.7 Å². The summed E-state index contributed by atoms with van der Waals surface area (Å²) in [6.45, 7) is 5.12. The van der Waals surface area contributed by atoms with E-state index in [0.29, 0.717) is 73.2 Å². The van der Waals surface area contributed by atoms with E-state index in [1.54, 1.807) is 30.5 Å². The molecule has 2 N–H and O–H groups in total. The molecule has 0 aliphatic carbocycles. The number of aryl methyl sites for hydroxylation is 2. The van der Waals surface area contributed by atoms with Crippen LogP contribution >= 0.6 is 0 Å². The Morgan fingerprint density at radius 1 is 1.07 bits per heavy atom. The smallest absolute Gasteiger partial charge is 0.378 e. The highest BCUT2D eigenvalue weighted by Crippen LogP contribution is 2.33. The van der Waals surface area contributed by atoms with Gasteiger partial charge in [-0.3, -0.25) is 4.79 Å². The Balaban J connectivity index is 1.38. The van der Waals surface area contributed by atoms with Crippen LogP contribution in [0.4, 0.5) is 36.3 Å². The van der Waals surface area contributed by atoms with Crippen molar-refractivity contribution in [1.82, 2.24) is 24.8 Å². The predicted octanol–water partition coefficient (Wildman–Crippen LogP) is 5.07. The fourth-order valence-corrected chi connectivity index (χ4v) is 4.75. The third kappa shape index (κ3) is 7.54. The molecule has 0 saturated carbocycles. The van der Waals surface area contributed by atoms with Crippen molar-refractivity contribution in [3.05, 3.63) is 71.2 Å². The number of hydrogen-bond acceptors (Lipinski definition) is 9. The van der Waals surface area contributed by atoms with Crippen molar-refractivity contribution < 1.29 is 22.7 Å². The summed E-state index contributed by atoms with van der Waals surface area (Å²) in [5.74, 6) is 0.439. The van der Waals surface area contributed by atoms with Crippen LogP contribution in [0.15, 0.2) is 48.9 Å². The van der Waals surface area contributed by atoms with Crippen LogP contribution < -0.4 is 15.5 Å². The number of nitrogens with zero attached hydrogens (tertiary/aromatic N) is 6. The third-order valence-corrected chi connectivity index (χ3v) is 7.06. The predicted molar refractivity (Wildman–Crippen MR) is 159 cm³/mol. The number of ether oxygens (including phenoxy) is 1. The first-order valence-corrected chi connectivity index (χ1v) is 13.9. The molecular formula is C30H33F3N8O2. The first-order chi connectivity index (χ1) is 20.6. The van der Waals surface area contributed by atoms with Crippen LogP contribution in [0, 0.1) is 6.92 Å². The van der Waals surface area contributed by atoms with Crippen LogP contribution in [0.5, 0.6) is 0 Å². The van der Waals surface area contributed by atoms with Crippen LogP contribution in [0.25, 0.3) is 11.0 Å². The summed E-state index contributed by atoms with van der Waals surface area (Å²) in [5, 5.41) is 5.91. The van der Waals surface area contributed by atoms with E-state index in [9.17, 15) is 18.0 Å². The van der Waals surface area contributed by atoms with Crippen molar-refractivity contribution in [2.75, 3.05) is 62.5 Å². The highest BCUT2D eigenvalue weighted by molar-refractivity contribution is 6.05. The number of rotatable bonds is 9. The van der Waals surface area contributed by atoms with Crippen LogP contribution in [0.1, 0.15) is 33.5 Å². The first-order valence-electron chi connectivity index (χ1n) is 13.9. The highest BCUT2D eigenvalue weighted by atomic mass is 19.4. The van der Waals surface area contributed by atoms with Gasteiger partial charge in [0.05, 0.1) is 25.0 Å². The van der Waals surface area contributed by atoms with Crippen LogP contribution in [0.3, 0.4) is 0 Å². The minimum atomic E-state index is -4.54. The zero-order valence-corrected chi connectivity index (χ0v) is 24.2. The molecule has 0 radical (unpaired) electrons. The maximum Gasteiger partial charge on any atom is 0.416 e. The van der Waals surface area contributed by atoms with Crippen LogP contribution in [0.2, 0.25) is 0 Å². The van der Waals surface area contributed by atoms with Gasteiger partial charge in [-0.1, -0.05) is 6.07 Å². The SMILES string of the molecule is Cc1ccc(C(=O)Nc2cc(CCCN(C)C)cc(C(F)(F)F)c2)cc1Nc1ncnc2cnc(N3CCOCC3)nc12. The number of carbonyl (C=O) groups is 1. The molecule has 1 saturated heterocycles. The molecular weight excluding hydrogens is 561 g/mol. The standard InChI is InChI=1S/C30H33F3N8O2/c1-19-6-7-21(28(42)37-23-14-20(5-4-8-40(2)3)13-22(16-23)30(31,32)33)15-24(19)38-27-26-25(35-18-36-27)17-34-29(39-26)41-9-11-43-12-10-41/h6-7,13-18H,4-5,8-12H2,1-3H3,(H,37,42)(H,35,36,38). The molecule has 226 valence electrons. The third-order valence-electron chi connectivity index (χ3n) is 7.06. The Labute approximate surface area is 247 Å². The Hall–Kier alpha value is -4.36. The summed E-state index contributed by atoms with van der Waals surface area (Å²) in [4.78, 5) is 35.1. The molecule has 0 spiro atoms. The lowest BCUT2D eigenvalue weighted by molar-refractivity contribution is -0.137. The molecule has 1 amide bonds. The van der Waals surface area contributed by atoms with E-state index < -0.39 is 17.6 Å². The van der Waals surface area contributed by atoms with E-state index in [-0.39, 0.29) is 11.3 Å². The summed E-state index contributed by atoms with van der Waals surface area (Å²) >= 11 is 0. The quantitative estimate of drug-likeness (QED) is 0.275. The highest BCUT2D eigenvalue weighted by Gasteiger charge is 2.31. The Bertz CT molecular complexity index is 1610. The summed E-state index contributed by atoms with van der Waals surface area (Å²) in [6.07, 6.45) is -0.360. The number of fused-ring (bicyclic) bond motifs is 1. The van der Waals surface area contributed by atoms with Crippen molar-refractivity contribution in [3.63, 3.8) is 0 Å². The van der Waals surface area contributed by atoms with Crippen LogP contribution in [-0.2, 0) is 17.3 Å². The number of halogens is 3. The van der Waals surface area contributed by atoms with Crippen molar-refractivity contribution in [2.45, 2.75) is 25.9 Å². The molecule has 1 fully saturated rings. The Kier molecular flexibility index (Phi) is 9.02. The molecule has 10 nitrogen and oxygen atoms in total. The molecule has 1 aliphatic rings. The molecule has 2 aromatic carbocycles.